The van der Waals surface area contributed by atoms with Crippen molar-refractivity contribution in [3.05, 3.63) is 94.7 Å². The molecule has 0 bridgehead atoms. The number of rotatable bonds is 4. The van der Waals surface area contributed by atoms with Crippen LogP contribution in [0.5, 0.6) is 0 Å². The number of hydrogen-bond donors (Lipinski definition) is 1. The third-order valence-electron chi connectivity index (χ3n) is 6.14. The minimum atomic E-state index is -0.330. The fraction of sp³-hybridized carbons (Fsp3) is 0.185. The van der Waals surface area contributed by atoms with Gasteiger partial charge in [-0.3, -0.25) is 9.59 Å². The van der Waals surface area contributed by atoms with Crippen LogP contribution < -0.4 is 10.2 Å². The first-order chi connectivity index (χ1) is 16.5. The third-order valence-corrected chi connectivity index (χ3v) is 6.44. The van der Waals surface area contributed by atoms with Gasteiger partial charge in [-0.15, -0.1) is 0 Å². The third kappa shape index (κ3) is 4.37. The molecule has 1 aliphatic rings. The maximum absolute atomic E-state index is 12.9. The van der Waals surface area contributed by atoms with Crippen molar-refractivity contribution in [1.29, 1.82) is 0 Å². The number of nitrogens with zero attached hydrogens (tertiary/aromatic N) is 2. The zero-order chi connectivity index (χ0) is 23.7. The van der Waals surface area contributed by atoms with Crippen molar-refractivity contribution in [1.82, 2.24) is 4.90 Å². The number of benzene rings is 3. The summed E-state index contributed by atoms with van der Waals surface area (Å²) in [6.07, 6.45) is 0. The Morgan fingerprint density at radius 1 is 0.912 bits per heavy atom. The Hall–Kier alpha value is -3.77. The zero-order valence-corrected chi connectivity index (χ0v) is 19.5. The fourth-order valence-electron chi connectivity index (χ4n) is 4.26. The van der Waals surface area contributed by atoms with Crippen LogP contribution in [-0.2, 0) is 0 Å². The van der Waals surface area contributed by atoms with Gasteiger partial charge in [-0.05, 0) is 48.9 Å². The van der Waals surface area contributed by atoms with Crippen molar-refractivity contribution < 1.29 is 14.0 Å². The first-order valence-corrected chi connectivity index (χ1v) is 11.6. The van der Waals surface area contributed by atoms with Gasteiger partial charge >= 0.3 is 0 Å². The highest BCUT2D eigenvalue weighted by Crippen LogP contribution is 2.30. The second-order valence-corrected chi connectivity index (χ2v) is 8.77. The van der Waals surface area contributed by atoms with Crippen molar-refractivity contribution >= 4 is 45.8 Å². The van der Waals surface area contributed by atoms with Gasteiger partial charge in [-0.1, -0.05) is 48.0 Å². The average Bonchev–Trinajstić information content (AvgIpc) is 3.29. The van der Waals surface area contributed by atoms with E-state index in [2.05, 4.69) is 10.2 Å². The molecular formula is C27H24ClN3O3. The van der Waals surface area contributed by atoms with Gasteiger partial charge < -0.3 is 19.5 Å². The highest BCUT2D eigenvalue weighted by molar-refractivity contribution is 6.33. The summed E-state index contributed by atoms with van der Waals surface area (Å²) in [7, 11) is 0. The molecule has 0 atom stereocenters. The molecule has 0 saturated carbocycles. The lowest BCUT2D eigenvalue weighted by Crippen LogP contribution is -2.49. The molecule has 4 aromatic rings. The Bertz CT molecular complexity index is 1340. The molecule has 0 radical (unpaired) electrons. The van der Waals surface area contributed by atoms with Crippen molar-refractivity contribution in [2.45, 2.75) is 6.92 Å². The largest absolute Gasteiger partial charge is 0.451 e. The van der Waals surface area contributed by atoms with Crippen LogP contribution in [0.3, 0.4) is 0 Å². The van der Waals surface area contributed by atoms with Crippen LogP contribution in [0, 0.1) is 6.92 Å². The van der Waals surface area contributed by atoms with E-state index in [-0.39, 0.29) is 17.6 Å². The van der Waals surface area contributed by atoms with Gasteiger partial charge in [0.1, 0.15) is 5.58 Å². The lowest BCUT2D eigenvalue weighted by atomic mass is 10.1. The van der Waals surface area contributed by atoms with Crippen molar-refractivity contribution in [3.63, 3.8) is 0 Å². The number of nitrogens with one attached hydrogen (secondary N) is 1. The van der Waals surface area contributed by atoms with Crippen molar-refractivity contribution in [3.8, 4) is 0 Å². The number of carbonyl (C=O) groups excluding carboxylic acids is 2. The number of halogens is 1. The Morgan fingerprint density at radius 2 is 1.65 bits per heavy atom. The average molecular weight is 474 g/mol. The highest BCUT2D eigenvalue weighted by Gasteiger charge is 2.24. The summed E-state index contributed by atoms with van der Waals surface area (Å²) in [6, 6.07) is 22.3. The normalized spacial score (nSPS) is 13.8. The fourth-order valence-corrected chi connectivity index (χ4v) is 4.56. The molecule has 0 unspecified atom stereocenters. The zero-order valence-electron chi connectivity index (χ0n) is 18.8. The van der Waals surface area contributed by atoms with Crippen LogP contribution in [0.2, 0.25) is 5.02 Å². The van der Waals surface area contributed by atoms with Crippen LogP contribution in [0.15, 0.2) is 77.2 Å². The smallest absolute Gasteiger partial charge is 0.291 e. The molecule has 6 nitrogen and oxygen atoms in total. The molecule has 34 heavy (non-hydrogen) atoms. The number of aryl methyl sites for hydroxylation is 1. The van der Waals surface area contributed by atoms with Crippen LogP contribution in [-0.4, -0.2) is 42.9 Å². The van der Waals surface area contributed by atoms with Crippen LogP contribution in [0.4, 0.5) is 11.4 Å². The molecule has 1 aliphatic heterocycles. The highest BCUT2D eigenvalue weighted by atomic mass is 35.5. The molecule has 1 saturated heterocycles. The first-order valence-electron chi connectivity index (χ1n) is 11.2. The molecular weight excluding hydrogens is 450 g/mol. The lowest BCUT2D eigenvalue weighted by Gasteiger charge is -2.36. The Morgan fingerprint density at radius 3 is 2.38 bits per heavy atom. The number of hydrogen-bond acceptors (Lipinski definition) is 4. The van der Waals surface area contributed by atoms with Gasteiger partial charge in [0.05, 0.1) is 10.7 Å². The molecule has 2 heterocycles. The summed E-state index contributed by atoms with van der Waals surface area (Å²) in [4.78, 5) is 29.6. The summed E-state index contributed by atoms with van der Waals surface area (Å²) in [5.74, 6) is -0.0216. The van der Waals surface area contributed by atoms with Crippen LogP contribution >= 0.6 is 11.6 Å². The minimum Gasteiger partial charge on any atom is -0.451 e. The van der Waals surface area contributed by atoms with Gasteiger partial charge in [0.25, 0.3) is 11.8 Å². The quantitative estimate of drug-likeness (QED) is 0.418. The Kier molecular flexibility index (Phi) is 5.99. The molecule has 2 amide bonds. The first kappa shape index (κ1) is 22.0. The van der Waals surface area contributed by atoms with Gasteiger partial charge in [0.15, 0.2) is 5.76 Å². The number of anilines is 2. The Balaban J connectivity index is 1.23. The maximum Gasteiger partial charge on any atom is 0.291 e. The number of para-hydroxylation sites is 1. The van der Waals surface area contributed by atoms with E-state index >= 15 is 0 Å². The van der Waals surface area contributed by atoms with Crippen molar-refractivity contribution in [2.24, 2.45) is 0 Å². The predicted molar refractivity (Wildman–Crippen MR) is 135 cm³/mol. The second-order valence-electron chi connectivity index (χ2n) is 8.36. The molecule has 5 rings (SSSR count). The van der Waals surface area contributed by atoms with Gasteiger partial charge in [0, 0.05) is 42.8 Å². The standard InChI is InChI=1S/C27H24ClN3O3/c1-18-6-2-4-8-21(18)27(33)31-14-12-30(13-15-31)23-11-10-20(17-22(23)28)29-26(32)25-16-19-7-3-5-9-24(19)34-25/h2-11,16-17H,12-15H2,1H3,(H,29,32). The molecule has 7 heteroatoms. The van der Waals surface area contributed by atoms with Crippen LogP contribution in [0.1, 0.15) is 26.5 Å². The summed E-state index contributed by atoms with van der Waals surface area (Å²) < 4.78 is 5.63. The monoisotopic (exact) mass is 473 g/mol. The maximum atomic E-state index is 12.9. The van der Waals surface area contributed by atoms with E-state index < -0.39 is 0 Å². The van der Waals surface area contributed by atoms with Gasteiger partial charge in [-0.2, -0.15) is 0 Å². The SMILES string of the molecule is Cc1ccccc1C(=O)N1CCN(c2ccc(NC(=O)c3cc4ccccc4o3)cc2Cl)CC1. The van der Waals surface area contributed by atoms with Crippen LogP contribution in [0.25, 0.3) is 11.0 Å². The summed E-state index contributed by atoms with van der Waals surface area (Å²) >= 11 is 6.58. The summed E-state index contributed by atoms with van der Waals surface area (Å²) in [5, 5.41) is 4.27. The molecule has 0 aliphatic carbocycles. The van der Waals surface area contributed by atoms with Gasteiger partial charge in [0.2, 0.25) is 0 Å². The predicted octanol–water partition coefficient (Wildman–Crippen LogP) is 5.61. The number of fused-ring (bicyclic) bond motifs is 1. The number of furan rings is 1. The van der Waals surface area contributed by atoms with E-state index in [1.807, 2.05) is 72.5 Å². The van der Waals surface area contributed by atoms with E-state index in [0.717, 1.165) is 22.2 Å². The number of amides is 2. The second kappa shape index (κ2) is 9.23. The lowest BCUT2D eigenvalue weighted by molar-refractivity contribution is 0.0746. The van der Waals surface area contributed by atoms with E-state index in [4.69, 9.17) is 16.0 Å². The van der Waals surface area contributed by atoms with Gasteiger partial charge in [-0.25, -0.2) is 0 Å². The summed E-state index contributed by atoms with van der Waals surface area (Å²) in [5.41, 5.74) is 3.87. The molecule has 3 aromatic carbocycles. The molecule has 172 valence electrons. The van der Waals surface area contributed by atoms with E-state index in [0.29, 0.717) is 42.5 Å². The Labute approximate surface area is 202 Å². The van der Waals surface area contributed by atoms with Crippen molar-refractivity contribution in [2.75, 3.05) is 36.4 Å². The number of piperazine rings is 1. The molecule has 0 spiro atoms. The summed E-state index contributed by atoms with van der Waals surface area (Å²) in [6.45, 7) is 4.56. The van der Waals surface area contributed by atoms with E-state index in [1.165, 1.54) is 0 Å². The molecule has 1 aromatic heterocycles. The van der Waals surface area contributed by atoms with E-state index in [1.54, 1.807) is 12.1 Å². The van der Waals surface area contributed by atoms with E-state index in [9.17, 15) is 9.59 Å². The molecule has 1 fully saturated rings. The minimum absolute atomic E-state index is 0.0625. The number of carbonyl (C=O) groups is 2. The molecule has 1 N–H and O–H groups in total. The topological polar surface area (TPSA) is 65.8 Å².